The number of carbonyl (C=O) groups is 1. The molecule has 0 bridgehead atoms. The van der Waals surface area contributed by atoms with Crippen molar-refractivity contribution in [3.8, 4) is 17.3 Å². The van der Waals surface area contributed by atoms with Gasteiger partial charge in [0, 0.05) is 12.3 Å². The predicted octanol–water partition coefficient (Wildman–Crippen LogP) is 6.78. The van der Waals surface area contributed by atoms with Gasteiger partial charge in [-0.25, -0.2) is 23.5 Å². The van der Waals surface area contributed by atoms with Gasteiger partial charge in [0.2, 0.25) is 5.89 Å². The molecule has 3 heterocycles. The summed E-state index contributed by atoms with van der Waals surface area (Å²) >= 11 is 6.28. The van der Waals surface area contributed by atoms with Gasteiger partial charge in [0.05, 0.1) is 22.0 Å². The van der Waals surface area contributed by atoms with Crippen LogP contribution < -0.4 is 4.74 Å². The van der Waals surface area contributed by atoms with Crippen LogP contribution >= 0.6 is 11.6 Å². The number of carboxylic acids is 1. The monoisotopic (exact) mass is 545 g/mol. The van der Waals surface area contributed by atoms with Crippen LogP contribution in [0.2, 0.25) is 5.02 Å². The Labute approximate surface area is 212 Å². The van der Waals surface area contributed by atoms with E-state index in [0.717, 1.165) is 25.0 Å². The Bertz CT molecular complexity index is 1380. The molecule has 4 aromatic rings. The number of hydrogen-bond donors (Lipinski definition) is 1. The Balaban J connectivity index is 0.000000479. The number of oxazole rings is 1. The van der Waals surface area contributed by atoms with Crippen molar-refractivity contribution in [1.82, 2.24) is 14.4 Å². The first-order chi connectivity index (χ1) is 17.4. The summed E-state index contributed by atoms with van der Waals surface area (Å²) in [6.07, 6.45) is 1.16. The molecule has 1 N–H and O–H groups in total. The molecule has 0 spiro atoms. The summed E-state index contributed by atoms with van der Waals surface area (Å²) in [5, 5.41) is 7.50. The van der Waals surface area contributed by atoms with Gasteiger partial charge in [0.1, 0.15) is 30.2 Å². The highest BCUT2D eigenvalue weighted by Crippen LogP contribution is 2.32. The van der Waals surface area contributed by atoms with Gasteiger partial charge < -0.3 is 14.3 Å². The molecule has 0 saturated heterocycles. The maximum absolute atomic E-state index is 13.9. The molecule has 3 aromatic heterocycles. The molecule has 1 aromatic carbocycles. The summed E-state index contributed by atoms with van der Waals surface area (Å²) in [6, 6.07) is 5.24. The first-order valence-electron chi connectivity index (χ1n) is 10.9. The average molecular weight is 546 g/mol. The first-order valence-corrected chi connectivity index (χ1v) is 11.3. The van der Waals surface area contributed by atoms with Crippen molar-refractivity contribution in [2.45, 2.75) is 45.9 Å². The number of carboxylic acid groups (broad SMARTS) is 1. The molecular weight excluding hydrogens is 525 g/mol. The number of imidazole rings is 1. The molecule has 13 heteroatoms. The Hall–Kier alpha value is -3.67. The number of pyridine rings is 1. The smallest absolute Gasteiger partial charge is 0.485 e. The second kappa shape index (κ2) is 11.6. The lowest BCUT2D eigenvalue weighted by molar-refractivity contribution is -0.192. The third-order valence-electron chi connectivity index (χ3n) is 5.04. The van der Waals surface area contributed by atoms with Crippen LogP contribution in [0.3, 0.4) is 0 Å². The second-order valence-corrected chi connectivity index (χ2v) is 8.24. The molecule has 0 unspecified atom stereocenters. The van der Waals surface area contributed by atoms with E-state index in [1.165, 1.54) is 18.2 Å². The molecule has 0 aliphatic rings. The third kappa shape index (κ3) is 6.76. The number of benzene rings is 1. The van der Waals surface area contributed by atoms with E-state index in [9.17, 15) is 22.0 Å². The fourth-order valence-corrected chi connectivity index (χ4v) is 3.47. The van der Waals surface area contributed by atoms with Crippen LogP contribution in [0.15, 0.2) is 41.1 Å². The van der Waals surface area contributed by atoms with E-state index in [0.29, 0.717) is 33.7 Å². The second-order valence-electron chi connectivity index (χ2n) is 7.80. The van der Waals surface area contributed by atoms with Crippen molar-refractivity contribution in [3.05, 3.63) is 70.3 Å². The zero-order valence-electron chi connectivity index (χ0n) is 19.6. The summed E-state index contributed by atoms with van der Waals surface area (Å²) in [7, 11) is 0. The minimum Gasteiger partial charge on any atom is -0.485 e. The van der Waals surface area contributed by atoms with Gasteiger partial charge in [0.25, 0.3) is 0 Å². The summed E-state index contributed by atoms with van der Waals surface area (Å²) in [6.45, 7) is 3.65. The van der Waals surface area contributed by atoms with Crippen molar-refractivity contribution in [3.63, 3.8) is 0 Å². The summed E-state index contributed by atoms with van der Waals surface area (Å²) < 4.78 is 72.7. The number of hydrogen-bond acceptors (Lipinski definition) is 5. The van der Waals surface area contributed by atoms with Crippen LogP contribution in [-0.4, -0.2) is 31.6 Å². The Kier molecular flexibility index (Phi) is 8.74. The lowest BCUT2D eigenvalue weighted by Crippen LogP contribution is -2.21. The van der Waals surface area contributed by atoms with Gasteiger partial charge in [-0.1, -0.05) is 31.0 Å². The van der Waals surface area contributed by atoms with E-state index in [4.69, 9.17) is 30.7 Å². The molecule has 0 aliphatic carbocycles. The van der Waals surface area contributed by atoms with Crippen LogP contribution in [0, 0.1) is 18.6 Å². The third-order valence-corrected chi connectivity index (χ3v) is 5.25. The lowest BCUT2D eigenvalue weighted by Gasteiger charge is -2.10. The Morgan fingerprint density at radius 2 is 1.86 bits per heavy atom. The van der Waals surface area contributed by atoms with Gasteiger partial charge in [-0.05, 0) is 31.9 Å². The van der Waals surface area contributed by atoms with Crippen LogP contribution in [0.4, 0.5) is 22.0 Å². The van der Waals surface area contributed by atoms with Crippen LogP contribution in [0.5, 0.6) is 5.75 Å². The van der Waals surface area contributed by atoms with Gasteiger partial charge in [-0.3, -0.25) is 4.40 Å². The largest absolute Gasteiger partial charge is 0.490 e. The fraction of sp³-hybridized carbons (Fsp3) is 0.292. The number of rotatable bonds is 7. The molecular formula is C24H21ClF5N3O4. The molecule has 7 nitrogen and oxygen atoms in total. The number of halogens is 6. The zero-order valence-corrected chi connectivity index (χ0v) is 20.3. The van der Waals surface area contributed by atoms with Crippen LogP contribution in [-0.2, 0) is 17.8 Å². The van der Waals surface area contributed by atoms with Crippen molar-refractivity contribution in [2.24, 2.45) is 0 Å². The number of alkyl halides is 3. The molecule has 0 aliphatic heterocycles. The predicted molar refractivity (Wildman–Crippen MR) is 123 cm³/mol. The highest BCUT2D eigenvalue weighted by atomic mass is 35.5. The highest BCUT2D eigenvalue weighted by molar-refractivity contribution is 6.30. The van der Waals surface area contributed by atoms with E-state index in [1.54, 1.807) is 22.9 Å². The van der Waals surface area contributed by atoms with Gasteiger partial charge in [0.15, 0.2) is 11.4 Å². The van der Waals surface area contributed by atoms with E-state index in [1.807, 2.05) is 6.92 Å². The number of nitrogens with zero attached hydrogens (tertiary/aromatic N) is 3. The number of ether oxygens (including phenoxy) is 1. The van der Waals surface area contributed by atoms with E-state index in [2.05, 4.69) is 16.9 Å². The SMILES string of the molecule is CCCCc1coc(-c2c(C)nc3c(OCc4c(F)cccc4F)cc(Cl)cn23)n1.O=C(O)C(F)(F)F. The zero-order chi connectivity index (χ0) is 27.3. The van der Waals surface area contributed by atoms with E-state index < -0.39 is 23.8 Å². The van der Waals surface area contributed by atoms with Crippen molar-refractivity contribution < 1.29 is 41.0 Å². The summed E-state index contributed by atoms with van der Waals surface area (Å²) in [5.74, 6) is -3.37. The number of aryl methyl sites for hydroxylation is 2. The topological polar surface area (TPSA) is 89.9 Å². The number of aliphatic carboxylic acids is 1. The fourth-order valence-electron chi connectivity index (χ4n) is 3.27. The Morgan fingerprint density at radius 3 is 2.46 bits per heavy atom. The van der Waals surface area contributed by atoms with Crippen LogP contribution in [0.25, 0.3) is 17.2 Å². The van der Waals surface area contributed by atoms with Crippen LogP contribution in [0.1, 0.15) is 36.7 Å². The first kappa shape index (κ1) is 27.9. The standard InChI is InChI=1S/C22H20ClF2N3O2.C2HF3O2/c1-3-4-6-15-11-30-22(27-15)20-13(2)26-21-19(9-14(23)10-28(20)21)29-12-16-17(24)7-5-8-18(16)25;3-2(4,5)1(6)7/h5,7-11H,3-4,6,12H2,1-2H3;(H,6,7). The average Bonchev–Trinajstić information content (AvgIpc) is 3.40. The molecule has 0 saturated carbocycles. The quantitative estimate of drug-likeness (QED) is 0.257. The highest BCUT2D eigenvalue weighted by Gasteiger charge is 2.38. The minimum absolute atomic E-state index is 0.160. The summed E-state index contributed by atoms with van der Waals surface area (Å²) in [4.78, 5) is 18.0. The van der Waals surface area contributed by atoms with Crippen molar-refractivity contribution in [1.29, 1.82) is 0 Å². The number of fused-ring (bicyclic) bond motifs is 1. The number of aromatic nitrogens is 3. The summed E-state index contributed by atoms with van der Waals surface area (Å²) in [5.41, 5.74) is 2.49. The molecule has 0 amide bonds. The molecule has 0 radical (unpaired) electrons. The molecule has 198 valence electrons. The van der Waals surface area contributed by atoms with Gasteiger partial charge in [-0.15, -0.1) is 0 Å². The van der Waals surface area contributed by atoms with E-state index >= 15 is 0 Å². The molecule has 37 heavy (non-hydrogen) atoms. The van der Waals surface area contributed by atoms with Crippen molar-refractivity contribution in [2.75, 3.05) is 0 Å². The minimum atomic E-state index is -5.08. The number of unbranched alkanes of at least 4 members (excludes halogenated alkanes) is 1. The maximum Gasteiger partial charge on any atom is 0.490 e. The van der Waals surface area contributed by atoms with Gasteiger partial charge in [-0.2, -0.15) is 13.2 Å². The molecule has 0 atom stereocenters. The molecule has 4 rings (SSSR count). The van der Waals surface area contributed by atoms with E-state index in [-0.39, 0.29) is 12.2 Å². The Morgan fingerprint density at radius 1 is 1.22 bits per heavy atom. The normalized spacial score (nSPS) is 11.4. The lowest BCUT2D eigenvalue weighted by atomic mass is 10.2. The van der Waals surface area contributed by atoms with Crippen molar-refractivity contribution >= 4 is 23.2 Å². The molecule has 0 fully saturated rings. The van der Waals surface area contributed by atoms with Gasteiger partial charge >= 0.3 is 12.1 Å². The maximum atomic E-state index is 13.9.